The lowest BCUT2D eigenvalue weighted by Crippen LogP contribution is -2.25. The Morgan fingerprint density at radius 2 is 1.59 bits per heavy atom. The molecule has 3 aliphatic rings. The van der Waals surface area contributed by atoms with Gasteiger partial charge in [-0.1, -0.05) is 0 Å². The molecule has 0 amide bonds. The molecule has 0 radical (unpaired) electrons. The predicted molar refractivity (Wildman–Crippen MR) is 125 cm³/mol. The van der Waals surface area contributed by atoms with Crippen LogP contribution in [0.2, 0.25) is 0 Å². The van der Waals surface area contributed by atoms with Gasteiger partial charge in [-0.05, 0) is 62.1 Å². The average molecular weight is 463 g/mol. The number of hydrogen-bond donors (Lipinski definition) is 2. The lowest BCUT2D eigenvalue weighted by Gasteiger charge is -2.23. The Bertz CT molecular complexity index is 1270. The molecule has 2 aromatic carbocycles. The first-order valence-corrected chi connectivity index (χ1v) is 11.8. The van der Waals surface area contributed by atoms with E-state index in [2.05, 4.69) is 9.98 Å². The lowest BCUT2D eigenvalue weighted by molar-refractivity contribution is -0.106. The summed E-state index contributed by atoms with van der Waals surface area (Å²) < 4.78 is 23.1. The number of Topliss-reactive ketones (excluding diaryl/α,β-unsaturated/α-hetero) is 1. The molecule has 8 nitrogen and oxygen atoms in total. The van der Waals surface area contributed by atoms with Crippen molar-refractivity contribution in [2.75, 3.05) is 13.2 Å². The first kappa shape index (κ1) is 21.2. The molecule has 176 valence electrons. The van der Waals surface area contributed by atoms with E-state index < -0.39 is 0 Å². The van der Waals surface area contributed by atoms with Gasteiger partial charge >= 0.3 is 0 Å². The standard InChI is InChI=1S/C26H26N2O6/c29-25-17-13-15(33-21-5-1-3-11-31-21)7-9-19(17)27-23(25)24-26(30)18-14-16(8-10-20(18)28-24)34-22-6-2-4-12-32-22/h7-10,13-14,21-22,27,29H,1-6,11-12H2. The zero-order valence-corrected chi connectivity index (χ0v) is 18.7. The number of carbonyl (C=O) groups excluding carboxylic acids is 1. The van der Waals surface area contributed by atoms with Gasteiger partial charge in [0.1, 0.15) is 22.9 Å². The second-order valence-electron chi connectivity index (χ2n) is 8.85. The van der Waals surface area contributed by atoms with E-state index in [0.29, 0.717) is 52.6 Å². The van der Waals surface area contributed by atoms with Crippen LogP contribution in [-0.2, 0) is 9.47 Å². The third-order valence-electron chi connectivity index (χ3n) is 6.45. The van der Waals surface area contributed by atoms with Gasteiger partial charge in [0.2, 0.25) is 5.78 Å². The summed E-state index contributed by atoms with van der Waals surface area (Å²) in [4.78, 5) is 20.9. The first-order valence-electron chi connectivity index (χ1n) is 11.8. The fraction of sp³-hybridized carbons (Fsp3) is 0.385. The van der Waals surface area contributed by atoms with Crippen LogP contribution in [0.15, 0.2) is 41.4 Å². The topological polar surface area (TPSA) is 102 Å². The van der Waals surface area contributed by atoms with E-state index in [0.717, 1.165) is 38.5 Å². The quantitative estimate of drug-likeness (QED) is 0.553. The minimum atomic E-state index is -0.295. The molecule has 2 unspecified atom stereocenters. The molecule has 2 fully saturated rings. The number of nitrogens with zero attached hydrogens (tertiary/aromatic N) is 1. The molecule has 0 bridgehead atoms. The monoisotopic (exact) mass is 462 g/mol. The molecule has 34 heavy (non-hydrogen) atoms. The molecule has 2 saturated heterocycles. The Morgan fingerprint density at radius 3 is 2.26 bits per heavy atom. The average Bonchev–Trinajstić information content (AvgIpc) is 3.36. The third kappa shape index (κ3) is 3.93. The van der Waals surface area contributed by atoms with E-state index >= 15 is 0 Å². The highest BCUT2D eigenvalue weighted by Crippen LogP contribution is 2.38. The summed E-state index contributed by atoms with van der Waals surface area (Å²) in [5, 5.41) is 11.5. The molecule has 8 heteroatoms. The first-order chi connectivity index (χ1) is 16.7. The minimum absolute atomic E-state index is 0.0306. The number of fused-ring (bicyclic) bond motifs is 2. The van der Waals surface area contributed by atoms with Crippen molar-refractivity contribution in [3.8, 4) is 17.2 Å². The molecule has 2 N–H and O–H groups in total. The molecule has 1 aromatic heterocycles. The second kappa shape index (κ2) is 8.77. The Kier molecular flexibility index (Phi) is 5.47. The van der Waals surface area contributed by atoms with Gasteiger partial charge in [-0.25, -0.2) is 4.99 Å². The van der Waals surface area contributed by atoms with E-state index in [4.69, 9.17) is 18.9 Å². The number of aromatic hydroxyl groups is 1. The summed E-state index contributed by atoms with van der Waals surface area (Å²) in [7, 11) is 0. The van der Waals surface area contributed by atoms with Crippen molar-refractivity contribution in [1.29, 1.82) is 0 Å². The van der Waals surface area contributed by atoms with E-state index in [9.17, 15) is 9.90 Å². The van der Waals surface area contributed by atoms with Gasteiger partial charge in [-0.3, -0.25) is 4.79 Å². The largest absolute Gasteiger partial charge is 0.505 e. The highest BCUT2D eigenvalue weighted by molar-refractivity contribution is 6.55. The van der Waals surface area contributed by atoms with E-state index in [1.54, 1.807) is 24.3 Å². The highest BCUT2D eigenvalue weighted by atomic mass is 16.7. The fourth-order valence-electron chi connectivity index (χ4n) is 4.65. The number of ketones is 1. The minimum Gasteiger partial charge on any atom is -0.505 e. The summed E-state index contributed by atoms with van der Waals surface area (Å²) in [6, 6.07) is 10.6. The number of nitrogens with one attached hydrogen (secondary N) is 1. The predicted octanol–water partition coefficient (Wildman–Crippen LogP) is 5.00. The molecule has 3 aromatic rings. The maximum Gasteiger partial charge on any atom is 0.215 e. The van der Waals surface area contributed by atoms with Crippen molar-refractivity contribution in [3.05, 3.63) is 47.7 Å². The van der Waals surface area contributed by atoms with Gasteiger partial charge in [0.25, 0.3) is 0 Å². The van der Waals surface area contributed by atoms with E-state index in [1.165, 1.54) is 0 Å². The van der Waals surface area contributed by atoms with Gasteiger partial charge in [-0.2, -0.15) is 0 Å². The maximum atomic E-state index is 13.2. The highest BCUT2D eigenvalue weighted by Gasteiger charge is 2.31. The smallest absolute Gasteiger partial charge is 0.215 e. The van der Waals surface area contributed by atoms with Gasteiger partial charge in [0, 0.05) is 23.7 Å². The van der Waals surface area contributed by atoms with Crippen LogP contribution in [0.5, 0.6) is 17.2 Å². The van der Waals surface area contributed by atoms with Crippen LogP contribution >= 0.6 is 0 Å². The van der Waals surface area contributed by atoms with Gasteiger partial charge in [-0.15, -0.1) is 0 Å². The number of ether oxygens (including phenoxy) is 4. The number of aliphatic imine (C=N–C) groups is 1. The molecule has 4 heterocycles. The summed E-state index contributed by atoms with van der Waals surface area (Å²) in [6.45, 7) is 1.37. The zero-order valence-electron chi connectivity index (χ0n) is 18.7. The van der Waals surface area contributed by atoms with Crippen LogP contribution in [0, 0.1) is 0 Å². The van der Waals surface area contributed by atoms with E-state index in [-0.39, 0.29) is 29.8 Å². The third-order valence-corrected chi connectivity index (χ3v) is 6.45. The Morgan fingerprint density at radius 1 is 0.912 bits per heavy atom. The number of carbonyl (C=O) groups is 1. The molecular formula is C26H26N2O6. The van der Waals surface area contributed by atoms with Crippen LogP contribution in [-0.4, -0.2) is 47.4 Å². The Balaban J connectivity index is 1.24. The summed E-state index contributed by atoms with van der Waals surface area (Å²) in [6.07, 6.45) is 5.29. The molecule has 0 saturated carbocycles. The normalized spacial score (nSPS) is 22.5. The number of aromatic nitrogens is 1. The summed E-state index contributed by atoms with van der Waals surface area (Å²) in [5.41, 5.74) is 2.15. The number of hydrogen-bond acceptors (Lipinski definition) is 7. The number of aromatic amines is 1. The van der Waals surface area contributed by atoms with Crippen molar-refractivity contribution in [2.24, 2.45) is 4.99 Å². The van der Waals surface area contributed by atoms with Crippen LogP contribution in [0.3, 0.4) is 0 Å². The van der Waals surface area contributed by atoms with Gasteiger partial charge < -0.3 is 29.0 Å². The zero-order chi connectivity index (χ0) is 23.1. The number of benzene rings is 2. The van der Waals surface area contributed by atoms with Gasteiger partial charge in [0.15, 0.2) is 18.3 Å². The molecular weight excluding hydrogens is 436 g/mol. The Labute approximate surface area is 196 Å². The molecule has 0 spiro atoms. The molecule has 3 aliphatic heterocycles. The van der Waals surface area contributed by atoms with Crippen molar-refractivity contribution >= 4 is 28.1 Å². The summed E-state index contributed by atoms with van der Waals surface area (Å²) >= 11 is 0. The second-order valence-corrected chi connectivity index (χ2v) is 8.85. The van der Waals surface area contributed by atoms with Crippen LogP contribution < -0.4 is 9.47 Å². The van der Waals surface area contributed by atoms with Crippen LogP contribution in [0.1, 0.15) is 54.6 Å². The van der Waals surface area contributed by atoms with Crippen LogP contribution in [0.4, 0.5) is 5.69 Å². The maximum absolute atomic E-state index is 13.2. The lowest BCUT2D eigenvalue weighted by atomic mass is 10.1. The van der Waals surface area contributed by atoms with E-state index in [1.807, 2.05) is 12.1 Å². The molecule has 0 aliphatic carbocycles. The SMILES string of the molecule is O=C1C(c2[nH]c3ccc(OC4CCCCO4)cc3c2O)=Nc2ccc(OC3CCCCO3)cc21. The van der Waals surface area contributed by atoms with Crippen molar-refractivity contribution in [2.45, 2.75) is 51.1 Å². The van der Waals surface area contributed by atoms with Crippen LogP contribution in [0.25, 0.3) is 10.9 Å². The molecule has 2 atom stereocenters. The summed E-state index contributed by atoms with van der Waals surface area (Å²) in [5.74, 6) is 0.883. The number of rotatable bonds is 5. The number of H-pyrrole nitrogens is 1. The van der Waals surface area contributed by atoms with Crippen molar-refractivity contribution < 1.29 is 28.8 Å². The fourth-order valence-corrected chi connectivity index (χ4v) is 4.65. The van der Waals surface area contributed by atoms with Crippen molar-refractivity contribution in [1.82, 2.24) is 4.98 Å². The molecule has 6 rings (SSSR count). The van der Waals surface area contributed by atoms with Crippen molar-refractivity contribution in [3.63, 3.8) is 0 Å². The Hall–Kier alpha value is -3.36. The van der Waals surface area contributed by atoms with Gasteiger partial charge in [0.05, 0.1) is 24.5 Å².